The number of carbonyl (C=O) groups excluding carboxylic acids is 1. The second kappa shape index (κ2) is 7.67. The number of benzene rings is 1. The summed E-state index contributed by atoms with van der Waals surface area (Å²) in [4.78, 5) is 16.6. The molecule has 1 fully saturated rings. The lowest BCUT2D eigenvalue weighted by Gasteiger charge is -2.34. The van der Waals surface area contributed by atoms with E-state index in [-0.39, 0.29) is 5.91 Å². The van der Waals surface area contributed by atoms with Gasteiger partial charge >= 0.3 is 0 Å². The molecule has 0 saturated carbocycles. The third-order valence-corrected chi connectivity index (χ3v) is 4.71. The van der Waals surface area contributed by atoms with Crippen molar-refractivity contribution in [3.8, 4) is 17.2 Å². The van der Waals surface area contributed by atoms with Crippen LogP contribution in [0.2, 0.25) is 0 Å². The van der Waals surface area contributed by atoms with Gasteiger partial charge in [-0.25, -0.2) is 0 Å². The number of nitrogens with one attached hydrogen (secondary N) is 1. The molecule has 1 saturated heterocycles. The molecular weight excluding hydrogens is 344 g/mol. The average Bonchev–Trinajstić information content (AvgIpc) is 3.36. The van der Waals surface area contributed by atoms with Crippen molar-refractivity contribution in [3.63, 3.8) is 0 Å². The van der Waals surface area contributed by atoms with Crippen molar-refractivity contribution in [2.24, 2.45) is 0 Å². The summed E-state index contributed by atoms with van der Waals surface area (Å²) >= 11 is 0. The molecule has 2 aromatic heterocycles. The molecule has 7 nitrogen and oxygen atoms in total. The molecule has 27 heavy (non-hydrogen) atoms. The van der Waals surface area contributed by atoms with Gasteiger partial charge in [0, 0.05) is 25.8 Å². The van der Waals surface area contributed by atoms with Crippen LogP contribution in [-0.2, 0) is 17.9 Å². The van der Waals surface area contributed by atoms with Crippen molar-refractivity contribution in [1.29, 1.82) is 0 Å². The van der Waals surface area contributed by atoms with Crippen LogP contribution < -0.4 is 4.74 Å². The number of H-pyrrole nitrogens is 1. The minimum Gasteiger partial charge on any atom is -0.497 e. The van der Waals surface area contributed by atoms with E-state index in [1.807, 2.05) is 47.4 Å². The average molecular weight is 366 g/mol. The number of ether oxygens (including phenoxy) is 1. The van der Waals surface area contributed by atoms with E-state index in [9.17, 15) is 4.79 Å². The van der Waals surface area contributed by atoms with E-state index in [2.05, 4.69) is 15.1 Å². The number of aromatic amines is 1. The number of amides is 1. The van der Waals surface area contributed by atoms with Gasteiger partial charge in [0.25, 0.3) is 0 Å². The Morgan fingerprint density at radius 1 is 1.19 bits per heavy atom. The normalized spacial score (nSPS) is 15.3. The van der Waals surface area contributed by atoms with Crippen molar-refractivity contribution in [1.82, 2.24) is 20.0 Å². The van der Waals surface area contributed by atoms with Crippen LogP contribution in [0.4, 0.5) is 0 Å². The number of methoxy groups -OCH3 is 1. The summed E-state index contributed by atoms with van der Waals surface area (Å²) in [5.74, 6) is 2.54. The number of rotatable bonds is 6. The minimum atomic E-state index is 0.129. The number of nitrogens with zero attached hydrogens (tertiary/aromatic N) is 3. The molecule has 140 valence electrons. The fourth-order valence-corrected chi connectivity index (χ4v) is 3.27. The van der Waals surface area contributed by atoms with E-state index in [1.54, 1.807) is 13.3 Å². The predicted molar refractivity (Wildman–Crippen MR) is 100.0 cm³/mol. The summed E-state index contributed by atoms with van der Waals surface area (Å²) in [7, 11) is 1.65. The Hall–Kier alpha value is -3.06. The van der Waals surface area contributed by atoms with E-state index < -0.39 is 0 Å². The molecule has 1 N–H and O–H groups in total. The Labute approximate surface area is 157 Å². The highest BCUT2D eigenvalue weighted by atomic mass is 16.5. The minimum absolute atomic E-state index is 0.129. The van der Waals surface area contributed by atoms with Gasteiger partial charge in [-0.1, -0.05) is 12.1 Å². The van der Waals surface area contributed by atoms with Gasteiger partial charge in [-0.2, -0.15) is 5.10 Å². The van der Waals surface area contributed by atoms with Crippen LogP contribution in [0.25, 0.3) is 11.5 Å². The van der Waals surface area contributed by atoms with Crippen LogP contribution in [0.1, 0.15) is 11.3 Å². The highest BCUT2D eigenvalue weighted by molar-refractivity contribution is 5.79. The standard InChI is InChI=1S/C20H22N4O3/c1-26-16-4-2-3-15(11-16)12-24-10-9-23(14-20(24)25)13-17-5-6-19(27-17)18-7-8-21-22-18/h2-8,11H,9-10,12-14H2,1H3,(H,21,22). The van der Waals surface area contributed by atoms with Gasteiger partial charge in [0.1, 0.15) is 17.2 Å². The summed E-state index contributed by atoms with van der Waals surface area (Å²) in [6, 6.07) is 13.6. The molecule has 0 spiro atoms. The zero-order valence-corrected chi connectivity index (χ0v) is 15.2. The quantitative estimate of drug-likeness (QED) is 0.726. The van der Waals surface area contributed by atoms with Gasteiger partial charge < -0.3 is 14.1 Å². The SMILES string of the molecule is COc1cccc(CN2CCN(Cc3ccc(-c4ccn[nH]4)o3)CC2=O)c1. The van der Waals surface area contributed by atoms with Gasteiger partial charge in [-0.15, -0.1) is 0 Å². The molecule has 4 rings (SSSR count). The van der Waals surface area contributed by atoms with Gasteiger partial charge in [-0.3, -0.25) is 14.8 Å². The molecule has 0 aliphatic carbocycles. The maximum absolute atomic E-state index is 12.6. The molecule has 3 heterocycles. The Balaban J connectivity index is 1.34. The Morgan fingerprint density at radius 3 is 2.89 bits per heavy atom. The Morgan fingerprint density at radius 2 is 2.11 bits per heavy atom. The highest BCUT2D eigenvalue weighted by Gasteiger charge is 2.24. The maximum Gasteiger partial charge on any atom is 0.237 e. The van der Waals surface area contributed by atoms with Crippen molar-refractivity contribution in [2.75, 3.05) is 26.7 Å². The first-order valence-corrected chi connectivity index (χ1v) is 8.93. The number of hydrogen-bond donors (Lipinski definition) is 1. The first kappa shape index (κ1) is 17.4. The van der Waals surface area contributed by atoms with Gasteiger partial charge in [0.2, 0.25) is 5.91 Å². The monoisotopic (exact) mass is 366 g/mol. The van der Waals surface area contributed by atoms with Crippen LogP contribution in [0, 0.1) is 0 Å². The van der Waals surface area contributed by atoms with E-state index in [4.69, 9.17) is 9.15 Å². The topological polar surface area (TPSA) is 74.6 Å². The van der Waals surface area contributed by atoms with Crippen molar-refractivity contribution >= 4 is 5.91 Å². The van der Waals surface area contributed by atoms with Crippen molar-refractivity contribution < 1.29 is 13.9 Å². The summed E-state index contributed by atoms with van der Waals surface area (Å²) in [5.41, 5.74) is 1.92. The van der Waals surface area contributed by atoms with Gasteiger partial charge in [0.15, 0.2) is 5.76 Å². The lowest BCUT2D eigenvalue weighted by atomic mass is 10.2. The van der Waals surface area contributed by atoms with Crippen LogP contribution in [0.15, 0.2) is 53.1 Å². The zero-order chi connectivity index (χ0) is 18.6. The number of carbonyl (C=O) groups is 1. The van der Waals surface area contributed by atoms with Gasteiger partial charge in [0.05, 0.1) is 20.2 Å². The van der Waals surface area contributed by atoms with Crippen LogP contribution in [0.3, 0.4) is 0 Å². The molecule has 0 radical (unpaired) electrons. The fraction of sp³-hybridized carbons (Fsp3) is 0.300. The predicted octanol–water partition coefficient (Wildman–Crippen LogP) is 2.52. The molecule has 1 aromatic carbocycles. The van der Waals surface area contributed by atoms with E-state index in [0.29, 0.717) is 26.2 Å². The smallest absolute Gasteiger partial charge is 0.237 e. The summed E-state index contributed by atoms with van der Waals surface area (Å²) in [6.07, 6.45) is 1.69. The molecule has 7 heteroatoms. The Kier molecular flexibility index (Phi) is 4.93. The van der Waals surface area contributed by atoms with Gasteiger partial charge in [-0.05, 0) is 35.9 Å². The van der Waals surface area contributed by atoms with E-state index in [0.717, 1.165) is 35.1 Å². The molecule has 3 aromatic rings. The number of furan rings is 1. The first-order chi connectivity index (χ1) is 13.2. The van der Waals surface area contributed by atoms with E-state index >= 15 is 0 Å². The second-order valence-electron chi connectivity index (χ2n) is 6.61. The molecule has 1 amide bonds. The Bertz CT molecular complexity index is 904. The molecule has 0 unspecified atom stereocenters. The largest absolute Gasteiger partial charge is 0.497 e. The number of hydrogen-bond acceptors (Lipinski definition) is 5. The van der Waals surface area contributed by atoms with Crippen LogP contribution in [0.5, 0.6) is 5.75 Å². The zero-order valence-electron chi connectivity index (χ0n) is 15.2. The van der Waals surface area contributed by atoms with Crippen molar-refractivity contribution in [2.45, 2.75) is 13.1 Å². The third-order valence-electron chi connectivity index (χ3n) is 4.71. The number of aromatic nitrogens is 2. The molecular formula is C20H22N4O3. The molecule has 1 aliphatic rings. The highest BCUT2D eigenvalue weighted by Crippen LogP contribution is 2.21. The lowest BCUT2D eigenvalue weighted by Crippen LogP contribution is -2.49. The molecule has 1 aliphatic heterocycles. The van der Waals surface area contributed by atoms with E-state index in [1.165, 1.54) is 0 Å². The second-order valence-corrected chi connectivity index (χ2v) is 6.61. The first-order valence-electron chi connectivity index (χ1n) is 8.93. The van der Waals surface area contributed by atoms with Crippen molar-refractivity contribution in [3.05, 3.63) is 60.0 Å². The van der Waals surface area contributed by atoms with Crippen LogP contribution in [-0.4, -0.2) is 52.6 Å². The third kappa shape index (κ3) is 4.03. The summed E-state index contributed by atoms with van der Waals surface area (Å²) in [5, 5.41) is 6.82. The fourth-order valence-electron chi connectivity index (χ4n) is 3.27. The maximum atomic E-state index is 12.6. The lowest BCUT2D eigenvalue weighted by molar-refractivity contribution is -0.137. The van der Waals surface area contributed by atoms with Crippen LogP contribution >= 0.6 is 0 Å². The molecule has 0 atom stereocenters. The molecule has 0 bridgehead atoms. The summed E-state index contributed by atoms with van der Waals surface area (Å²) < 4.78 is 11.1. The number of piperazine rings is 1. The summed E-state index contributed by atoms with van der Waals surface area (Å²) in [6.45, 7) is 3.13.